The van der Waals surface area contributed by atoms with Crippen molar-refractivity contribution in [3.63, 3.8) is 0 Å². The predicted molar refractivity (Wildman–Crippen MR) is 99.9 cm³/mol. The zero-order valence-corrected chi connectivity index (χ0v) is 15.5. The summed E-state index contributed by atoms with van der Waals surface area (Å²) in [6.45, 7) is 1.89. The molecule has 0 aromatic heterocycles. The summed E-state index contributed by atoms with van der Waals surface area (Å²) in [5.74, 6) is -1.20. The Kier molecular flexibility index (Phi) is 5.29. The van der Waals surface area contributed by atoms with E-state index in [1.54, 1.807) is 30.3 Å². The van der Waals surface area contributed by atoms with Crippen LogP contribution in [0.15, 0.2) is 47.4 Å². The Labute approximate surface area is 157 Å². The number of anilines is 1. The molecule has 1 heterocycles. The predicted octanol–water partition coefficient (Wildman–Crippen LogP) is 2.37. The monoisotopic (exact) mass is 388 g/mol. The van der Waals surface area contributed by atoms with Gasteiger partial charge < -0.3 is 10.4 Å². The first-order chi connectivity index (χ1) is 12.7. The van der Waals surface area contributed by atoms with Crippen LogP contribution in [-0.4, -0.2) is 25.4 Å². The van der Waals surface area contributed by atoms with Crippen LogP contribution in [0.1, 0.15) is 35.6 Å². The van der Waals surface area contributed by atoms with Crippen LogP contribution in [0.4, 0.5) is 5.69 Å². The van der Waals surface area contributed by atoms with Crippen LogP contribution in [0.2, 0.25) is 0 Å². The normalized spacial score (nSPS) is 14.9. The van der Waals surface area contributed by atoms with Crippen molar-refractivity contribution in [3.05, 3.63) is 59.2 Å². The zero-order valence-electron chi connectivity index (χ0n) is 14.7. The lowest BCUT2D eigenvalue weighted by molar-refractivity contribution is -0.137. The topological polar surface area (TPSA) is 113 Å². The second-order valence-corrected chi connectivity index (χ2v) is 8.26. The Balaban J connectivity index is 1.89. The number of sulfonamides is 1. The summed E-state index contributed by atoms with van der Waals surface area (Å²) in [7, 11) is -3.94. The van der Waals surface area contributed by atoms with Crippen molar-refractivity contribution in [3.8, 4) is 0 Å². The number of aryl methyl sites for hydroxylation is 2. The van der Waals surface area contributed by atoms with E-state index in [-0.39, 0.29) is 17.2 Å². The van der Waals surface area contributed by atoms with Gasteiger partial charge in [0.2, 0.25) is 15.9 Å². The average molecular weight is 388 g/mol. The van der Waals surface area contributed by atoms with Crippen LogP contribution in [-0.2, 0) is 26.0 Å². The molecule has 0 bridgehead atoms. The van der Waals surface area contributed by atoms with E-state index in [1.165, 1.54) is 12.1 Å². The minimum Gasteiger partial charge on any atom is -0.481 e. The van der Waals surface area contributed by atoms with Crippen LogP contribution in [0.3, 0.4) is 0 Å². The quantitative estimate of drug-likeness (QED) is 0.703. The summed E-state index contributed by atoms with van der Waals surface area (Å²) in [6.07, 6.45) is 0.388. The number of fused-ring (bicyclic) bond motifs is 1. The highest BCUT2D eigenvalue weighted by Gasteiger charge is 2.25. The molecule has 8 heteroatoms. The number of aliphatic carboxylic acids is 1. The molecule has 1 amide bonds. The van der Waals surface area contributed by atoms with Gasteiger partial charge in [-0.15, -0.1) is 0 Å². The smallest absolute Gasteiger partial charge is 0.305 e. The van der Waals surface area contributed by atoms with Gasteiger partial charge in [0.1, 0.15) is 0 Å². The standard InChI is InChI=1S/C19H20N2O5S/c1-12-2-4-13(5-3-12)17(11-19(23)24)21-27(25,26)15-7-8-16-14(10-15)6-9-18(22)20-16/h2-5,7-8,10,17,21H,6,9,11H2,1H3,(H,20,22)(H,23,24)/t17-/m0/s1. The lowest BCUT2D eigenvalue weighted by Crippen LogP contribution is -2.30. The fourth-order valence-corrected chi connectivity index (χ4v) is 4.26. The van der Waals surface area contributed by atoms with Gasteiger partial charge in [0.15, 0.2) is 0 Å². The van der Waals surface area contributed by atoms with Gasteiger partial charge in [0.05, 0.1) is 17.4 Å². The maximum absolute atomic E-state index is 12.8. The molecule has 0 unspecified atom stereocenters. The zero-order chi connectivity index (χ0) is 19.6. The Morgan fingerprint density at radius 2 is 1.89 bits per heavy atom. The molecule has 1 atom stereocenters. The molecule has 3 N–H and O–H groups in total. The molecule has 0 fully saturated rings. The largest absolute Gasteiger partial charge is 0.481 e. The highest BCUT2D eigenvalue weighted by atomic mass is 32.2. The molecule has 142 valence electrons. The second-order valence-electron chi connectivity index (χ2n) is 6.55. The Morgan fingerprint density at radius 3 is 2.56 bits per heavy atom. The maximum Gasteiger partial charge on any atom is 0.305 e. The summed E-state index contributed by atoms with van der Waals surface area (Å²) < 4.78 is 28.1. The fraction of sp³-hybridized carbons (Fsp3) is 0.263. The first-order valence-electron chi connectivity index (χ1n) is 8.48. The third-order valence-electron chi connectivity index (χ3n) is 4.44. The van der Waals surface area contributed by atoms with Crippen molar-refractivity contribution in [2.45, 2.75) is 37.1 Å². The Morgan fingerprint density at radius 1 is 1.19 bits per heavy atom. The molecule has 2 aromatic carbocycles. The molecule has 2 aromatic rings. The molecule has 0 radical (unpaired) electrons. The van der Waals surface area contributed by atoms with Gasteiger partial charge in [0, 0.05) is 12.1 Å². The van der Waals surface area contributed by atoms with Crippen molar-refractivity contribution in [2.24, 2.45) is 0 Å². The van der Waals surface area contributed by atoms with Crippen LogP contribution in [0.25, 0.3) is 0 Å². The van der Waals surface area contributed by atoms with E-state index in [9.17, 15) is 23.1 Å². The number of carboxylic acid groups (broad SMARTS) is 1. The van der Waals surface area contributed by atoms with Crippen molar-refractivity contribution >= 4 is 27.6 Å². The van der Waals surface area contributed by atoms with Crippen LogP contribution < -0.4 is 10.0 Å². The van der Waals surface area contributed by atoms with Crippen molar-refractivity contribution in [2.75, 3.05) is 5.32 Å². The van der Waals surface area contributed by atoms with Gasteiger partial charge >= 0.3 is 5.97 Å². The fourth-order valence-electron chi connectivity index (χ4n) is 2.98. The number of carbonyl (C=O) groups is 2. The van der Waals surface area contributed by atoms with E-state index in [4.69, 9.17) is 0 Å². The van der Waals surface area contributed by atoms with Gasteiger partial charge in [-0.2, -0.15) is 0 Å². The van der Waals surface area contributed by atoms with Gasteiger partial charge in [0.25, 0.3) is 0 Å². The number of benzene rings is 2. The molecule has 1 aliphatic heterocycles. The molecule has 0 saturated heterocycles. The van der Waals surface area contributed by atoms with E-state index < -0.39 is 22.0 Å². The Bertz CT molecular complexity index is 984. The number of hydrogen-bond donors (Lipinski definition) is 3. The summed E-state index contributed by atoms with van der Waals surface area (Å²) in [5.41, 5.74) is 2.91. The molecular weight excluding hydrogens is 368 g/mol. The van der Waals surface area contributed by atoms with Crippen molar-refractivity contribution in [1.82, 2.24) is 4.72 Å². The molecule has 0 spiro atoms. The van der Waals surface area contributed by atoms with Gasteiger partial charge in [-0.1, -0.05) is 29.8 Å². The van der Waals surface area contributed by atoms with Crippen LogP contribution >= 0.6 is 0 Å². The minimum atomic E-state index is -3.94. The number of carbonyl (C=O) groups excluding carboxylic acids is 1. The number of rotatable bonds is 6. The minimum absolute atomic E-state index is 0.0416. The molecule has 0 saturated carbocycles. The number of amides is 1. The van der Waals surface area contributed by atoms with Crippen LogP contribution in [0, 0.1) is 6.92 Å². The van der Waals surface area contributed by atoms with E-state index >= 15 is 0 Å². The summed E-state index contributed by atoms with van der Waals surface area (Å²) in [5, 5.41) is 11.9. The molecule has 0 aliphatic carbocycles. The number of carboxylic acids is 1. The van der Waals surface area contributed by atoms with Gasteiger partial charge in [-0.05, 0) is 42.7 Å². The lowest BCUT2D eigenvalue weighted by Gasteiger charge is -2.20. The number of hydrogen-bond acceptors (Lipinski definition) is 4. The lowest BCUT2D eigenvalue weighted by atomic mass is 10.0. The second kappa shape index (κ2) is 7.50. The molecule has 1 aliphatic rings. The number of nitrogens with one attached hydrogen (secondary N) is 2. The third kappa shape index (κ3) is 4.53. The van der Waals surface area contributed by atoms with E-state index in [2.05, 4.69) is 10.0 Å². The average Bonchev–Trinajstić information content (AvgIpc) is 2.60. The first-order valence-corrected chi connectivity index (χ1v) is 9.96. The van der Waals surface area contributed by atoms with Crippen LogP contribution in [0.5, 0.6) is 0 Å². The molecule has 27 heavy (non-hydrogen) atoms. The highest BCUT2D eigenvalue weighted by molar-refractivity contribution is 7.89. The summed E-state index contributed by atoms with van der Waals surface area (Å²) >= 11 is 0. The van der Waals surface area contributed by atoms with E-state index in [0.29, 0.717) is 24.1 Å². The Hall–Kier alpha value is -2.71. The van der Waals surface area contributed by atoms with E-state index in [0.717, 1.165) is 11.1 Å². The van der Waals surface area contributed by atoms with Gasteiger partial charge in [-0.3, -0.25) is 9.59 Å². The highest BCUT2D eigenvalue weighted by Crippen LogP contribution is 2.27. The van der Waals surface area contributed by atoms with Crippen molar-refractivity contribution < 1.29 is 23.1 Å². The first kappa shape index (κ1) is 19.1. The van der Waals surface area contributed by atoms with Crippen molar-refractivity contribution in [1.29, 1.82) is 0 Å². The molecular formula is C19H20N2O5S. The molecule has 7 nitrogen and oxygen atoms in total. The van der Waals surface area contributed by atoms with E-state index in [1.807, 2.05) is 6.92 Å². The molecule has 3 rings (SSSR count). The maximum atomic E-state index is 12.8. The van der Waals surface area contributed by atoms with Gasteiger partial charge in [-0.25, -0.2) is 13.1 Å². The third-order valence-corrected chi connectivity index (χ3v) is 5.91. The summed E-state index contributed by atoms with van der Waals surface area (Å²) in [6, 6.07) is 10.6. The SMILES string of the molecule is Cc1ccc([C@H](CC(=O)O)NS(=O)(=O)c2ccc3c(c2)CCC(=O)N3)cc1. The summed E-state index contributed by atoms with van der Waals surface area (Å²) in [4.78, 5) is 22.7.